The molecule has 5 nitrogen and oxygen atoms in total. The number of hydrogen-bond donors (Lipinski definition) is 2. The monoisotopic (exact) mass is 325 g/mol. The highest BCUT2D eigenvalue weighted by atomic mass is 16.5. The van der Waals surface area contributed by atoms with Crippen LogP contribution in [0, 0.1) is 5.92 Å². The minimum absolute atomic E-state index is 0.0383. The van der Waals surface area contributed by atoms with Crippen molar-refractivity contribution in [1.29, 1.82) is 0 Å². The fourth-order valence-corrected chi connectivity index (χ4v) is 2.93. The number of carbonyl (C=O) groups excluding carboxylic acids is 1. The van der Waals surface area contributed by atoms with E-state index in [-0.39, 0.29) is 23.3 Å². The van der Waals surface area contributed by atoms with Crippen molar-refractivity contribution in [1.82, 2.24) is 5.32 Å². The van der Waals surface area contributed by atoms with E-state index in [2.05, 4.69) is 5.32 Å². The van der Waals surface area contributed by atoms with Crippen molar-refractivity contribution in [2.75, 3.05) is 13.2 Å². The molecule has 2 N–H and O–H groups in total. The molecule has 0 bridgehead atoms. The summed E-state index contributed by atoms with van der Waals surface area (Å²) < 4.78 is 5.51. The molecule has 2 aromatic carbocycles. The maximum Gasteiger partial charge on any atom is 0.335 e. The van der Waals surface area contributed by atoms with Crippen molar-refractivity contribution in [2.45, 2.75) is 12.5 Å². The highest BCUT2D eigenvalue weighted by Gasteiger charge is 2.34. The largest absolute Gasteiger partial charge is 0.478 e. The van der Waals surface area contributed by atoms with Crippen LogP contribution in [0.4, 0.5) is 0 Å². The minimum Gasteiger partial charge on any atom is -0.478 e. The van der Waals surface area contributed by atoms with Gasteiger partial charge < -0.3 is 15.2 Å². The van der Waals surface area contributed by atoms with Crippen molar-refractivity contribution in [3.05, 3.63) is 71.3 Å². The van der Waals surface area contributed by atoms with Crippen molar-refractivity contribution in [2.24, 2.45) is 5.92 Å². The van der Waals surface area contributed by atoms with Crippen LogP contribution in [0.25, 0.3) is 0 Å². The number of carboxylic acid groups (broad SMARTS) is 1. The molecule has 0 saturated carbocycles. The van der Waals surface area contributed by atoms with Crippen molar-refractivity contribution in [3.8, 4) is 0 Å². The molecule has 1 aliphatic heterocycles. The van der Waals surface area contributed by atoms with Gasteiger partial charge in [-0.3, -0.25) is 4.79 Å². The molecule has 0 aromatic heterocycles. The Morgan fingerprint density at radius 2 is 1.75 bits per heavy atom. The first-order chi connectivity index (χ1) is 11.6. The first kappa shape index (κ1) is 16.2. The number of aromatic carboxylic acids is 1. The van der Waals surface area contributed by atoms with Gasteiger partial charge >= 0.3 is 5.97 Å². The van der Waals surface area contributed by atoms with Crippen molar-refractivity contribution >= 4 is 11.9 Å². The molecule has 3 rings (SSSR count). The molecule has 24 heavy (non-hydrogen) atoms. The topological polar surface area (TPSA) is 75.6 Å². The fraction of sp³-hybridized carbons (Fsp3) is 0.263. The van der Waals surface area contributed by atoms with Gasteiger partial charge in [0.05, 0.1) is 24.7 Å². The summed E-state index contributed by atoms with van der Waals surface area (Å²) in [5, 5.41) is 11.8. The SMILES string of the molecule is O=C(O)c1ccc(CNC(=O)C2COCC2c2ccccc2)cc1. The van der Waals surface area contributed by atoms with E-state index in [0.29, 0.717) is 19.8 Å². The second kappa shape index (κ2) is 7.27. The van der Waals surface area contributed by atoms with Crippen LogP contribution in [0.1, 0.15) is 27.4 Å². The minimum atomic E-state index is -0.959. The average Bonchev–Trinajstić information content (AvgIpc) is 3.10. The lowest BCUT2D eigenvalue weighted by molar-refractivity contribution is -0.125. The third-order valence-corrected chi connectivity index (χ3v) is 4.31. The first-order valence-corrected chi connectivity index (χ1v) is 7.88. The zero-order chi connectivity index (χ0) is 16.9. The van der Waals surface area contributed by atoms with E-state index >= 15 is 0 Å². The Morgan fingerprint density at radius 1 is 1.04 bits per heavy atom. The van der Waals surface area contributed by atoms with Gasteiger partial charge in [0.2, 0.25) is 5.91 Å². The van der Waals surface area contributed by atoms with E-state index in [1.54, 1.807) is 12.1 Å². The van der Waals surface area contributed by atoms with Crippen molar-refractivity contribution < 1.29 is 19.4 Å². The number of benzene rings is 2. The maximum absolute atomic E-state index is 12.5. The molecule has 0 spiro atoms. The molecule has 1 saturated heterocycles. The predicted octanol–water partition coefficient (Wildman–Crippen LogP) is 2.43. The van der Waals surface area contributed by atoms with Crippen LogP contribution in [-0.2, 0) is 16.1 Å². The van der Waals surface area contributed by atoms with E-state index in [1.165, 1.54) is 12.1 Å². The molecule has 1 amide bonds. The summed E-state index contributed by atoms with van der Waals surface area (Å²) in [4.78, 5) is 23.3. The Hall–Kier alpha value is -2.66. The Labute approximate surface area is 140 Å². The van der Waals surface area contributed by atoms with E-state index < -0.39 is 5.97 Å². The smallest absolute Gasteiger partial charge is 0.335 e. The van der Waals surface area contributed by atoms with Crippen molar-refractivity contribution in [3.63, 3.8) is 0 Å². The van der Waals surface area contributed by atoms with E-state index in [1.807, 2.05) is 30.3 Å². The highest BCUT2D eigenvalue weighted by Crippen LogP contribution is 2.30. The Morgan fingerprint density at radius 3 is 2.42 bits per heavy atom. The lowest BCUT2D eigenvalue weighted by Gasteiger charge is -2.17. The molecule has 2 unspecified atom stereocenters. The molecule has 2 atom stereocenters. The maximum atomic E-state index is 12.5. The molecule has 124 valence electrons. The summed E-state index contributed by atoms with van der Waals surface area (Å²) in [6.45, 7) is 1.34. The molecule has 0 radical (unpaired) electrons. The van der Waals surface area contributed by atoms with Gasteiger partial charge in [-0.1, -0.05) is 42.5 Å². The van der Waals surface area contributed by atoms with E-state index in [0.717, 1.165) is 11.1 Å². The normalized spacial score (nSPS) is 19.8. The number of nitrogens with one attached hydrogen (secondary N) is 1. The van der Waals surface area contributed by atoms with Crippen LogP contribution in [-0.4, -0.2) is 30.2 Å². The first-order valence-electron chi connectivity index (χ1n) is 7.88. The molecule has 1 heterocycles. The standard InChI is InChI=1S/C19H19NO4/c21-18(20-10-13-6-8-15(9-7-13)19(22)23)17-12-24-11-16(17)14-4-2-1-3-5-14/h1-9,16-17H,10-12H2,(H,20,21)(H,22,23). The fourth-order valence-electron chi connectivity index (χ4n) is 2.93. The summed E-state index contributed by atoms with van der Waals surface area (Å²) in [5.74, 6) is -1.13. The molecule has 1 fully saturated rings. The lowest BCUT2D eigenvalue weighted by Crippen LogP contribution is -2.33. The zero-order valence-corrected chi connectivity index (χ0v) is 13.1. The number of ether oxygens (including phenoxy) is 1. The molecule has 2 aromatic rings. The van der Waals surface area contributed by atoms with Crippen LogP contribution in [0.15, 0.2) is 54.6 Å². The van der Waals surface area contributed by atoms with Crippen LogP contribution in [0.2, 0.25) is 0 Å². The Kier molecular flexibility index (Phi) is 4.91. The van der Waals surface area contributed by atoms with Crippen LogP contribution in [0.5, 0.6) is 0 Å². The summed E-state index contributed by atoms with van der Waals surface area (Å²) in [5.41, 5.74) is 2.21. The number of rotatable bonds is 5. The average molecular weight is 325 g/mol. The van der Waals surface area contributed by atoms with Gasteiger partial charge in [0.1, 0.15) is 0 Å². The number of amides is 1. The van der Waals surface area contributed by atoms with Gasteiger partial charge in [0.15, 0.2) is 0 Å². The highest BCUT2D eigenvalue weighted by molar-refractivity contribution is 5.87. The van der Waals surface area contributed by atoms with Gasteiger partial charge in [-0.15, -0.1) is 0 Å². The van der Waals surface area contributed by atoms with Crippen LogP contribution in [0.3, 0.4) is 0 Å². The molecule has 5 heteroatoms. The summed E-state index contributed by atoms with van der Waals surface area (Å²) in [7, 11) is 0. The van der Waals surface area contributed by atoms with Gasteiger partial charge in [-0.05, 0) is 23.3 Å². The summed E-state index contributed by atoms with van der Waals surface area (Å²) in [6.07, 6.45) is 0. The van der Waals surface area contributed by atoms with Gasteiger partial charge in [-0.25, -0.2) is 4.79 Å². The number of carbonyl (C=O) groups is 2. The zero-order valence-electron chi connectivity index (χ0n) is 13.1. The molecule has 0 aliphatic carbocycles. The Bertz CT molecular complexity index is 712. The predicted molar refractivity (Wildman–Crippen MR) is 88.7 cm³/mol. The molecule has 1 aliphatic rings. The quantitative estimate of drug-likeness (QED) is 0.885. The van der Waals surface area contributed by atoms with Crippen LogP contribution < -0.4 is 5.32 Å². The number of hydrogen-bond acceptors (Lipinski definition) is 3. The summed E-state index contributed by atoms with van der Waals surface area (Å²) >= 11 is 0. The van der Waals surface area contributed by atoms with Crippen LogP contribution >= 0.6 is 0 Å². The van der Waals surface area contributed by atoms with E-state index in [9.17, 15) is 9.59 Å². The third kappa shape index (κ3) is 3.63. The van der Waals surface area contributed by atoms with Gasteiger partial charge in [0, 0.05) is 12.5 Å². The summed E-state index contributed by atoms with van der Waals surface area (Å²) in [6, 6.07) is 16.4. The second-order valence-corrected chi connectivity index (χ2v) is 5.88. The molecular weight excluding hydrogens is 306 g/mol. The molecular formula is C19H19NO4. The second-order valence-electron chi connectivity index (χ2n) is 5.88. The third-order valence-electron chi connectivity index (χ3n) is 4.31. The van der Waals surface area contributed by atoms with Gasteiger partial charge in [-0.2, -0.15) is 0 Å². The Balaban J connectivity index is 1.61. The van der Waals surface area contributed by atoms with Gasteiger partial charge in [0.25, 0.3) is 0 Å². The van der Waals surface area contributed by atoms with E-state index in [4.69, 9.17) is 9.84 Å². The lowest BCUT2D eigenvalue weighted by atomic mass is 9.88. The number of carboxylic acids is 1.